The van der Waals surface area contributed by atoms with Crippen LogP contribution >= 0.6 is 0 Å². The molecule has 0 amide bonds. The predicted molar refractivity (Wildman–Crippen MR) is 91.2 cm³/mol. The maximum atomic E-state index is 12.8. The van der Waals surface area contributed by atoms with Gasteiger partial charge < -0.3 is 20.1 Å². The monoisotopic (exact) mass is 357 g/mol. The van der Waals surface area contributed by atoms with Crippen LogP contribution in [0.1, 0.15) is 36.8 Å². The third-order valence-electron chi connectivity index (χ3n) is 7.61. The van der Waals surface area contributed by atoms with Crippen LogP contribution in [-0.2, 0) is 16.6 Å². The zero-order chi connectivity index (χ0) is 17.8. The fraction of sp³-hybridized carbons (Fsp3) is 0.650. The summed E-state index contributed by atoms with van der Waals surface area (Å²) < 4.78 is 5.97. The molecule has 3 N–H and O–H groups in total. The van der Waals surface area contributed by atoms with E-state index in [1.807, 2.05) is 6.07 Å². The number of hydrogen-bond donors (Lipinski definition) is 3. The summed E-state index contributed by atoms with van der Waals surface area (Å²) >= 11 is 0. The second kappa shape index (κ2) is 4.61. The van der Waals surface area contributed by atoms with Gasteiger partial charge in [0.25, 0.3) is 0 Å². The minimum atomic E-state index is -1.43. The van der Waals surface area contributed by atoms with Gasteiger partial charge in [0, 0.05) is 24.6 Å². The van der Waals surface area contributed by atoms with Crippen LogP contribution in [0.4, 0.5) is 0 Å². The Bertz CT molecular complexity index is 836. The van der Waals surface area contributed by atoms with Gasteiger partial charge in [0.05, 0.1) is 11.5 Å². The zero-order valence-electron chi connectivity index (χ0n) is 14.5. The second-order valence-corrected chi connectivity index (χ2v) is 8.84. The summed E-state index contributed by atoms with van der Waals surface area (Å²) in [5.74, 6) is 0.848. The first-order valence-corrected chi connectivity index (χ1v) is 9.66. The Kier molecular flexibility index (Phi) is 2.74. The number of benzene rings is 1. The van der Waals surface area contributed by atoms with E-state index in [0.717, 1.165) is 24.2 Å². The maximum absolute atomic E-state index is 12.8. The average molecular weight is 357 g/mol. The van der Waals surface area contributed by atoms with Crippen molar-refractivity contribution in [1.82, 2.24) is 4.90 Å². The van der Waals surface area contributed by atoms with Gasteiger partial charge in [0.2, 0.25) is 0 Å². The number of carbonyl (C=O) groups is 1. The molecular weight excluding hydrogens is 334 g/mol. The summed E-state index contributed by atoms with van der Waals surface area (Å²) in [6.07, 6.45) is 1.61. The normalized spacial score (nSPS) is 43.2. The molecule has 1 aromatic carbocycles. The molecule has 3 aliphatic carbocycles. The van der Waals surface area contributed by atoms with E-state index in [2.05, 4.69) is 4.90 Å². The molecule has 5 aliphatic rings. The van der Waals surface area contributed by atoms with Gasteiger partial charge in [-0.05, 0) is 49.8 Å². The van der Waals surface area contributed by atoms with Gasteiger partial charge in [0.15, 0.2) is 23.4 Å². The molecule has 6 rings (SSSR count). The molecule has 138 valence electrons. The first-order chi connectivity index (χ1) is 12.5. The van der Waals surface area contributed by atoms with Crippen molar-refractivity contribution in [2.24, 2.45) is 5.92 Å². The number of aliphatic hydroxyl groups is 2. The lowest BCUT2D eigenvalue weighted by Gasteiger charge is -2.63. The topological polar surface area (TPSA) is 90.2 Å². The number of hydrogen-bond acceptors (Lipinski definition) is 6. The first kappa shape index (κ1) is 15.4. The predicted octanol–water partition coefficient (Wildman–Crippen LogP) is 0.496. The molecular formula is C20H23NO5. The Morgan fingerprint density at radius 3 is 2.85 bits per heavy atom. The largest absolute Gasteiger partial charge is 0.504 e. The third kappa shape index (κ3) is 1.54. The number of piperidine rings is 1. The standard InChI is InChI=1S/C20H23NO5/c22-12-4-3-11-7-14-20(25)15(24)8-13(23)18-19(20,16(11)17(12)26-18)5-6-21(14)9-10-1-2-10/h3-4,10,14-15,18,22,24-25H,1-2,5-9H2/t14-,15?,18+,19+,20+/m1/s1. The van der Waals surface area contributed by atoms with E-state index in [9.17, 15) is 20.1 Å². The average Bonchev–Trinajstić information content (AvgIpc) is 3.34. The fourth-order valence-electron chi connectivity index (χ4n) is 6.32. The van der Waals surface area contributed by atoms with E-state index < -0.39 is 23.2 Å². The molecule has 2 aliphatic heterocycles. The lowest BCUT2D eigenvalue weighted by atomic mass is 9.48. The lowest BCUT2D eigenvalue weighted by Crippen LogP contribution is -2.81. The van der Waals surface area contributed by atoms with Crippen molar-refractivity contribution in [2.75, 3.05) is 13.1 Å². The minimum Gasteiger partial charge on any atom is -0.504 e. The van der Waals surface area contributed by atoms with E-state index in [0.29, 0.717) is 24.5 Å². The highest BCUT2D eigenvalue weighted by molar-refractivity contribution is 5.90. The second-order valence-electron chi connectivity index (χ2n) is 8.84. The number of carbonyl (C=O) groups excluding carboxylic acids is 1. The molecule has 2 saturated carbocycles. The van der Waals surface area contributed by atoms with Crippen molar-refractivity contribution in [3.63, 3.8) is 0 Å². The molecule has 0 aromatic heterocycles. The van der Waals surface area contributed by atoms with Crippen molar-refractivity contribution in [2.45, 2.75) is 61.4 Å². The summed E-state index contributed by atoms with van der Waals surface area (Å²) in [4.78, 5) is 15.1. The van der Waals surface area contributed by atoms with Gasteiger partial charge in [-0.1, -0.05) is 6.07 Å². The third-order valence-corrected chi connectivity index (χ3v) is 7.61. The van der Waals surface area contributed by atoms with Gasteiger partial charge in [-0.25, -0.2) is 0 Å². The maximum Gasteiger partial charge on any atom is 0.177 e. The molecule has 2 heterocycles. The number of ketones is 1. The Balaban J connectivity index is 1.60. The number of phenolic OH excluding ortho intramolecular Hbond substituents is 1. The van der Waals surface area contributed by atoms with Crippen LogP contribution in [0.15, 0.2) is 12.1 Å². The Hall–Kier alpha value is -1.63. The molecule has 1 aromatic rings. The number of Topliss-reactive ketones (excluding diaryl/α,β-unsaturated/α-hetero) is 1. The van der Waals surface area contributed by atoms with Crippen LogP contribution in [0, 0.1) is 5.92 Å². The van der Waals surface area contributed by atoms with E-state index in [4.69, 9.17) is 4.74 Å². The quantitative estimate of drug-likeness (QED) is 0.714. The summed E-state index contributed by atoms with van der Waals surface area (Å²) in [5, 5.41) is 33.2. The molecule has 26 heavy (non-hydrogen) atoms. The highest BCUT2D eigenvalue weighted by Gasteiger charge is 2.76. The van der Waals surface area contributed by atoms with E-state index in [1.54, 1.807) is 6.07 Å². The van der Waals surface area contributed by atoms with Gasteiger partial charge in [0.1, 0.15) is 5.60 Å². The fourth-order valence-corrected chi connectivity index (χ4v) is 6.32. The van der Waals surface area contributed by atoms with E-state index in [1.165, 1.54) is 12.8 Å². The molecule has 5 atom stereocenters. The van der Waals surface area contributed by atoms with Gasteiger partial charge in [-0.2, -0.15) is 0 Å². The summed E-state index contributed by atoms with van der Waals surface area (Å²) in [6.45, 7) is 1.72. The lowest BCUT2D eigenvalue weighted by molar-refractivity contribution is -0.229. The Morgan fingerprint density at radius 2 is 2.08 bits per heavy atom. The van der Waals surface area contributed by atoms with Crippen molar-refractivity contribution in [3.05, 3.63) is 23.3 Å². The Morgan fingerprint density at radius 1 is 1.27 bits per heavy atom. The summed E-state index contributed by atoms with van der Waals surface area (Å²) in [7, 11) is 0. The number of aromatic hydroxyl groups is 1. The molecule has 6 nitrogen and oxygen atoms in total. The SMILES string of the molecule is O=C1CC(O)[C@@]2(O)[C@H]3Cc4ccc(O)c5c4[C@@]2(CCN3CC2CC2)[C@H]1O5. The molecule has 1 saturated heterocycles. The number of rotatable bonds is 2. The highest BCUT2D eigenvalue weighted by Crippen LogP contribution is 2.64. The Labute approximate surface area is 151 Å². The van der Waals surface area contributed by atoms with Gasteiger partial charge >= 0.3 is 0 Å². The molecule has 6 heteroatoms. The number of nitrogens with zero attached hydrogens (tertiary/aromatic N) is 1. The summed E-state index contributed by atoms with van der Waals surface area (Å²) in [6, 6.07) is 3.28. The van der Waals surface area contributed by atoms with Crippen LogP contribution in [0.3, 0.4) is 0 Å². The van der Waals surface area contributed by atoms with Crippen molar-refractivity contribution in [3.8, 4) is 11.5 Å². The molecule has 2 bridgehead atoms. The highest BCUT2D eigenvalue weighted by atomic mass is 16.5. The molecule has 3 fully saturated rings. The smallest absolute Gasteiger partial charge is 0.177 e. The van der Waals surface area contributed by atoms with Crippen molar-refractivity contribution >= 4 is 5.78 Å². The number of aliphatic hydroxyl groups excluding tert-OH is 1. The summed E-state index contributed by atoms with van der Waals surface area (Å²) in [5.41, 5.74) is -0.587. The first-order valence-electron chi connectivity index (χ1n) is 9.66. The molecule has 1 unspecified atom stereocenters. The van der Waals surface area contributed by atoms with E-state index in [-0.39, 0.29) is 24.0 Å². The number of phenols is 1. The van der Waals surface area contributed by atoms with E-state index >= 15 is 0 Å². The molecule has 0 radical (unpaired) electrons. The van der Waals surface area contributed by atoms with Crippen molar-refractivity contribution < 1.29 is 24.9 Å². The van der Waals surface area contributed by atoms with Crippen LogP contribution in [0.2, 0.25) is 0 Å². The van der Waals surface area contributed by atoms with Crippen molar-refractivity contribution in [1.29, 1.82) is 0 Å². The van der Waals surface area contributed by atoms with Crippen LogP contribution < -0.4 is 4.74 Å². The zero-order valence-corrected chi connectivity index (χ0v) is 14.5. The van der Waals surface area contributed by atoms with Gasteiger partial charge in [-0.15, -0.1) is 0 Å². The van der Waals surface area contributed by atoms with Crippen LogP contribution in [0.5, 0.6) is 11.5 Å². The van der Waals surface area contributed by atoms with Gasteiger partial charge in [-0.3, -0.25) is 9.69 Å². The molecule has 1 spiro atoms. The number of likely N-dealkylation sites (tertiary alicyclic amines) is 1. The van der Waals surface area contributed by atoms with Crippen LogP contribution in [-0.4, -0.2) is 62.9 Å². The minimum absolute atomic E-state index is 0.0102. The van der Waals surface area contributed by atoms with Crippen LogP contribution in [0.25, 0.3) is 0 Å². The number of ether oxygens (including phenoxy) is 1.